The monoisotopic (exact) mass is 361 g/mol. The first kappa shape index (κ1) is 19.9. The van der Waals surface area contributed by atoms with Crippen molar-refractivity contribution in [3.8, 4) is 0 Å². The summed E-state index contributed by atoms with van der Waals surface area (Å²) in [6.45, 7) is 4.03. The lowest BCUT2D eigenvalue weighted by molar-refractivity contribution is -0.125. The third kappa shape index (κ3) is 6.10. The van der Waals surface area contributed by atoms with Gasteiger partial charge in [0.1, 0.15) is 0 Å². The number of benzene rings is 1. The van der Waals surface area contributed by atoms with Crippen molar-refractivity contribution in [1.29, 1.82) is 0 Å². The van der Waals surface area contributed by atoms with Gasteiger partial charge in [0.05, 0.1) is 10.8 Å². The van der Waals surface area contributed by atoms with E-state index in [0.29, 0.717) is 13.1 Å². The zero-order valence-corrected chi connectivity index (χ0v) is 14.8. The van der Waals surface area contributed by atoms with E-state index in [1.807, 2.05) is 6.92 Å². The number of amides is 1. The number of sulfonamides is 1. The van der Waals surface area contributed by atoms with Crippen LogP contribution < -0.4 is 15.4 Å². The van der Waals surface area contributed by atoms with Crippen LogP contribution in [0.1, 0.15) is 18.4 Å². The molecule has 0 radical (unpaired) electrons. The molecule has 0 aromatic heterocycles. The fraction of sp³-hybridized carbons (Fsp3) is 0.533. The van der Waals surface area contributed by atoms with Gasteiger partial charge in [-0.1, -0.05) is 17.7 Å². The van der Waals surface area contributed by atoms with Crippen molar-refractivity contribution in [2.24, 2.45) is 5.92 Å². The maximum Gasteiger partial charge on any atom is 0.240 e. The zero-order valence-electron chi connectivity index (χ0n) is 13.2. The first-order valence-corrected chi connectivity index (χ1v) is 9.02. The normalized spacial score (nSPS) is 18.0. The summed E-state index contributed by atoms with van der Waals surface area (Å²) >= 11 is 0. The Morgan fingerprint density at radius 2 is 1.96 bits per heavy atom. The number of hydrogen-bond donors (Lipinski definition) is 3. The van der Waals surface area contributed by atoms with E-state index in [1.165, 1.54) is 0 Å². The summed E-state index contributed by atoms with van der Waals surface area (Å²) < 4.78 is 26.6. The maximum absolute atomic E-state index is 12.1. The molecule has 6 nitrogen and oxygen atoms in total. The number of rotatable bonds is 6. The molecule has 1 fully saturated rings. The summed E-state index contributed by atoms with van der Waals surface area (Å²) in [6, 6.07) is 6.66. The highest BCUT2D eigenvalue weighted by Gasteiger charge is 2.20. The third-order valence-corrected chi connectivity index (χ3v) is 5.19. The first-order valence-electron chi connectivity index (χ1n) is 7.54. The molecule has 0 spiro atoms. The SMILES string of the molecule is Cc1ccc(S(=O)(=O)NCCNC(=O)C2CCCNC2)cc1.Cl. The number of carbonyl (C=O) groups is 1. The Hall–Kier alpha value is -1.15. The molecule has 0 saturated carbocycles. The van der Waals surface area contributed by atoms with Crippen molar-refractivity contribution in [3.63, 3.8) is 0 Å². The van der Waals surface area contributed by atoms with E-state index in [9.17, 15) is 13.2 Å². The molecule has 1 atom stereocenters. The van der Waals surface area contributed by atoms with Crippen molar-refractivity contribution in [1.82, 2.24) is 15.4 Å². The summed E-state index contributed by atoms with van der Waals surface area (Å²) in [5.41, 5.74) is 1.01. The van der Waals surface area contributed by atoms with Crippen LogP contribution in [0, 0.1) is 12.8 Å². The largest absolute Gasteiger partial charge is 0.355 e. The molecular formula is C15H24ClN3O3S. The minimum atomic E-state index is -3.51. The van der Waals surface area contributed by atoms with Gasteiger partial charge in [-0.25, -0.2) is 13.1 Å². The van der Waals surface area contributed by atoms with Gasteiger partial charge in [0.25, 0.3) is 0 Å². The second-order valence-electron chi connectivity index (χ2n) is 5.55. The molecule has 2 rings (SSSR count). The van der Waals surface area contributed by atoms with Gasteiger partial charge < -0.3 is 10.6 Å². The molecule has 0 bridgehead atoms. The number of hydrogen-bond acceptors (Lipinski definition) is 4. The van der Waals surface area contributed by atoms with Crippen LogP contribution in [0.2, 0.25) is 0 Å². The summed E-state index contributed by atoms with van der Waals surface area (Å²) in [5.74, 6) is -0.0239. The molecule has 3 N–H and O–H groups in total. The Labute approximate surface area is 143 Å². The van der Waals surface area contributed by atoms with Crippen LogP contribution in [0.15, 0.2) is 29.2 Å². The predicted molar refractivity (Wildman–Crippen MR) is 92.2 cm³/mol. The lowest BCUT2D eigenvalue weighted by atomic mass is 9.99. The van der Waals surface area contributed by atoms with Gasteiger partial charge >= 0.3 is 0 Å². The quantitative estimate of drug-likeness (QED) is 0.654. The molecule has 0 aliphatic carbocycles. The van der Waals surface area contributed by atoms with Gasteiger partial charge in [-0.3, -0.25) is 4.79 Å². The lowest BCUT2D eigenvalue weighted by Gasteiger charge is -2.21. The number of aryl methyl sites for hydroxylation is 1. The van der Waals surface area contributed by atoms with Crippen LogP contribution in [0.25, 0.3) is 0 Å². The van der Waals surface area contributed by atoms with E-state index in [0.717, 1.165) is 24.9 Å². The molecule has 23 heavy (non-hydrogen) atoms. The standard InChI is InChI=1S/C15H23N3O3S.ClH/c1-12-4-6-14(7-5-12)22(20,21)18-10-9-17-15(19)13-3-2-8-16-11-13;/h4-7,13,16,18H,2-3,8-11H2,1H3,(H,17,19);1H. The Kier molecular flexibility index (Phi) is 7.98. The third-order valence-electron chi connectivity index (χ3n) is 3.72. The Morgan fingerprint density at radius 3 is 2.57 bits per heavy atom. The van der Waals surface area contributed by atoms with Gasteiger partial charge in [-0.2, -0.15) is 0 Å². The van der Waals surface area contributed by atoms with E-state index < -0.39 is 10.0 Å². The number of piperidine rings is 1. The number of halogens is 1. The minimum absolute atomic E-state index is 0. The Morgan fingerprint density at radius 1 is 1.26 bits per heavy atom. The van der Waals surface area contributed by atoms with E-state index in [1.54, 1.807) is 24.3 Å². The van der Waals surface area contributed by atoms with Crippen LogP contribution in [0.4, 0.5) is 0 Å². The van der Waals surface area contributed by atoms with E-state index in [2.05, 4.69) is 15.4 Å². The van der Waals surface area contributed by atoms with Gasteiger partial charge in [0.2, 0.25) is 15.9 Å². The number of carbonyl (C=O) groups excluding carboxylic acids is 1. The van der Waals surface area contributed by atoms with Crippen LogP contribution in [0.5, 0.6) is 0 Å². The topological polar surface area (TPSA) is 87.3 Å². The average Bonchev–Trinajstić information content (AvgIpc) is 2.52. The molecule has 8 heteroatoms. The fourth-order valence-electron chi connectivity index (χ4n) is 2.39. The average molecular weight is 362 g/mol. The van der Waals surface area contributed by atoms with Crippen LogP contribution in [-0.4, -0.2) is 40.5 Å². The van der Waals surface area contributed by atoms with Crippen molar-refractivity contribution in [3.05, 3.63) is 29.8 Å². The second-order valence-corrected chi connectivity index (χ2v) is 7.31. The summed E-state index contributed by atoms with van der Waals surface area (Å²) in [4.78, 5) is 12.1. The predicted octanol–water partition coefficient (Wildman–Crippen LogP) is 0.811. The summed E-state index contributed by atoms with van der Waals surface area (Å²) in [5, 5.41) is 5.96. The Bertz CT molecular complexity index is 599. The molecule has 1 aromatic carbocycles. The molecule has 1 unspecified atom stereocenters. The highest BCUT2D eigenvalue weighted by molar-refractivity contribution is 7.89. The molecule has 1 heterocycles. The van der Waals surface area contributed by atoms with E-state index in [4.69, 9.17) is 0 Å². The van der Waals surface area contributed by atoms with Gasteiger partial charge in [0.15, 0.2) is 0 Å². The van der Waals surface area contributed by atoms with Crippen molar-refractivity contribution in [2.75, 3.05) is 26.2 Å². The van der Waals surface area contributed by atoms with Gasteiger partial charge in [-0.05, 0) is 38.4 Å². The van der Waals surface area contributed by atoms with Crippen molar-refractivity contribution in [2.45, 2.75) is 24.7 Å². The van der Waals surface area contributed by atoms with Crippen LogP contribution in [0.3, 0.4) is 0 Å². The minimum Gasteiger partial charge on any atom is -0.355 e. The molecule has 1 amide bonds. The summed E-state index contributed by atoms with van der Waals surface area (Å²) in [7, 11) is -3.51. The molecule has 130 valence electrons. The van der Waals surface area contributed by atoms with Crippen molar-refractivity contribution >= 4 is 28.3 Å². The smallest absolute Gasteiger partial charge is 0.240 e. The van der Waals surface area contributed by atoms with E-state index >= 15 is 0 Å². The highest BCUT2D eigenvalue weighted by Crippen LogP contribution is 2.10. The zero-order chi connectivity index (χ0) is 16.0. The molecule has 1 aromatic rings. The van der Waals surface area contributed by atoms with Crippen LogP contribution >= 0.6 is 12.4 Å². The second kappa shape index (κ2) is 9.22. The maximum atomic E-state index is 12.1. The lowest BCUT2D eigenvalue weighted by Crippen LogP contribution is -2.42. The fourth-order valence-corrected chi connectivity index (χ4v) is 3.42. The number of nitrogens with one attached hydrogen (secondary N) is 3. The van der Waals surface area contributed by atoms with E-state index in [-0.39, 0.29) is 35.7 Å². The Balaban J connectivity index is 0.00000264. The van der Waals surface area contributed by atoms with Crippen molar-refractivity contribution < 1.29 is 13.2 Å². The molecule has 1 aliphatic rings. The summed E-state index contributed by atoms with van der Waals surface area (Å²) in [6.07, 6.45) is 1.88. The van der Waals surface area contributed by atoms with Crippen LogP contribution in [-0.2, 0) is 14.8 Å². The van der Waals surface area contributed by atoms with Gasteiger partial charge in [0, 0.05) is 19.6 Å². The molecule has 1 aliphatic heterocycles. The molecule has 1 saturated heterocycles. The highest BCUT2D eigenvalue weighted by atomic mass is 35.5. The first-order chi connectivity index (χ1) is 10.5. The van der Waals surface area contributed by atoms with Gasteiger partial charge in [-0.15, -0.1) is 12.4 Å². The molecular weight excluding hydrogens is 338 g/mol.